The Morgan fingerprint density at radius 3 is 1.57 bits per heavy atom. The summed E-state index contributed by atoms with van der Waals surface area (Å²) < 4.78 is 0. The maximum atomic E-state index is 8.17. The molecule has 0 fully saturated rings. The van der Waals surface area contributed by atoms with Gasteiger partial charge < -0.3 is 15.7 Å². The molecule has 3 nitrogen and oxygen atoms in total. The summed E-state index contributed by atoms with van der Waals surface area (Å²) in [4.78, 5) is 0. The van der Waals surface area contributed by atoms with Crippen LogP contribution in [0.1, 0.15) is 6.92 Å². The summed E-state index contributed by atoms with van der Waals surface area (Å²) in [5, 5.41) is 16.3. The van der Waals surface area contributed by atoms with Gasteiger partial charge in [0.2, 0.25) is 0 Å². The molecule has 3 heteroatoms. The highest BCUT2D eigenvalue weighted by atomic mass is 16.3. The van der Waals surface area contributed by atoms with E-state index in [1.54, 1.807) is 6.92 Å². The second-order valence-corrected chi connectivity index (χ2v) is 1.47. The summed E-state index contributed by atoms with van der Waals surface area (Å²) in [6.45, 7) is 1.94. The Morgan fingerprint density at radius 1 is 1.29 bits per heavy atom. The molecule has 0 unspecified atom stereocenters. The molecule has 0 radical (unpaired) electrons. The van der Waals surface area contributed by atoms with E-state index in [0.717, 1.165) is 0 Å². The van der Waals surface area contributed by atoms with E-state index < -0.39 is 0 Å². The van der Waals surface area contributed by atoms with Gasteiger partial charge in [0, 0.05) is 19.1 Å². The minimum absolute atomic E-state index is 0. The van der Waals surface area contributed by atoms with Crippen molar-refractivity contribution < 1.29 is 15.7 Å². The molecule has 4 N–H and O–H groups in total. The molecule has 0 aromatic carbocycles. The van der Waals surface area contributed by atoms with Crippen LogP contribution in [-0.2, 0) is 0 Å². The molecule has 0 aromatic rings. The molecule has 0 aliphatic carbocycles. The molecular weight excluding hydrogens is 96.0 g/mol. The summed E-state index contributed by atoms with van der Waals surface area (Å²) >= 11 is 0. The largest absolute Gasteiger partial charge is 0.412 e. The molecule has 0 rings (SSSR count). The van der Waals surface area contributed by atoms with Crippen molar-refractivity contribution in [2.24, 2.45) is 5.92 Å². The quantitative estimate of drug-likeness (QED) is 0.465. The molecular formula is C4H12O3. The van der Waals surface area contributed by atoms with Crippen LogP contribution in [0, 0.1) is 5.92 Å². The molecule has 0 amide bonds. The van der Waals surface area contributed by atoms with Crippen LogP contribution in [-0.4, -0.2) is 28.9 Å². The predicted molar refractivity (Wildman–Crippen MR) is 26.9 cm³/mol. The van der Waals surface area contributed by atoms with E-state index in [1.807, 2.05) is 0 Å². The van der Waals surface area contributed by atoms with E-state index in [-0.39, 0.29) is 24.6 Å². The molecule has 0 atom stereocenters. The van der Waals surface area contributed by atoms with Crippen molar-refractivity contribution in [2.75, 3.05) is 13.2 Å². The molecule has 0 aliphatic rings. The number of hydrogen-bond donors (Lipinski definition) is 2. The lowest BCUT2D eigenvalue weighted by Gasteiger charge is -1.97. The van der Waals surface area contributed by atoms with Crippen molar-refractivity contribution in [3.63, 3.8) is 0 Å². The molecule has 0 heterocycles. The van der Waals surface area contributed by atoms with E-state index >= 15 is 0 Å². The number of rotatable bonds is 2. The van der Waals surface area contributed by atoms with Crippen molar-refractivity contribution in [1.82, 2.24) is 0 Å². The minimum atomic E-state index is 0. The average Bonchev–Trinajstić information content (AvgIpc) is 1.65. The Labute approximate surface area is 42.9 Å². The van der Waals surface area contributed by atoms with Gasteiger partial charge in [-0.2, -0.15) is 0 Å². The lowest BCUT2D eigenvalue weighted by Crippen LogP contribution is -2.04. The number of aliphatic hydroxyl groups excluding tert-OH is 2. The molecule has 46 valence electrons. The van der Waals surface area contributed by atoms with Gasteiger partial charge in [0.1, 0.15) is 0 Å². The van der Waals surface area contributed by atoms with E-state index in [9.17, 15) is 0 Å². The smallest absolute Gasteiger partial charge is 0.0478 e. The summed E-state index contributed by atoms with van der Waals surface area (Å²) in [6, 6.07) is 0. The first kappa shape index (κ1) is 9.99. The summed E-state index contributed by atoms with van der Waals surface area (Å²) in [6.07, 6.45) is 0. The highest BCUT2D eigenvalue weighted by Crippen LogP contribution is 1.85. The maximum absolute atomic E-state index is 8.17. The molecule has 0 spiro atoms. The SMILES string of the molecule is CC(CO)CO.O. The molecule has 0 bridgehead atoms. The van der Waals surface area contributed by atoms with E-state index in [4.69, 9.17) is 10.2 Å². The first-order chi connectivity index (χ1) is 2.81. The third-order valence-corrected chi connectivity index (χ3v) is 0.623. The van der Waals surface area contributed by atoms with Crippen LogP contribution in [0.5, 0.6) is 0 Å². The van der Waals surface area contributed by atoms with Crippen LogP contribution in [0.3, 0.4) is 0 Å². The van der Waals surface area contributed by atoms with Gasteiger partial charge in [-0.3, -0.25) is 0 Å². The van der Waals surface area contributed by atoms with Gasteiger partial charge in [-0.25, -0.2) is 0 Å². The van der Waals surface area contributed by atoms with Crippen LogP contribution >= 0.6 is 0 Å². The predicted octanol–water partition coefficient (Wildman–Crippen LogP) is -1.22. The topological polar surface area (TPSA) is 72.0 Å². The second-order valence-electron chi connectivity index (χ2n) is 1.47. The van der Waals surface area contributed by atoms with Gasteiger partial charge in [0.15, 0.2) is 0 Å². The third kappa shape index (κ3) is 5.88. The zero-order chi connectivity index (χ0) is 4.99. The minimum Gasteiger partial charge on any atom is -0.412 e. The Kier molecular flexibility index (Phi) is 8.39. The molecule has 7 heavy (non-hydrogen) atoms. The van der Waals surface area contributed by atoms with Gasteiger partial charge in [-0.1, -0.05) is 6.92 Å². The van der Waals surface area contributed by atoms with E-state index in [0.29, 0.717) is 0 Å². The van der Waals surface area contributed by atoms with Crippen molar-refractivity contribution in [2.45, 2.75) is 6.92 Å². The monoisotopic (exact) mass is 108 g/mol. The lowest BCUT2D eigenvalue weighted by molar-refractivity contribution is 0.162. The standard InChI is InChI=1S/C4H10O2.H2O/c1-4(2-5)3-6;/h4-6H,2-3H2,1H3;1H2. The fourth-order valence-corrected chi connectivity index (χ4v) is 0.0577. The number of hydrogen-bond acceptors (Lipinski definition) is 2. The normalized spacial score (nSPS) is 8.57. The summed E-state index contributed by atoms with van der Waals surface area (Å²) in [7, 11) is 0. The van der Waals surface area contributed by atoms with Crippen molar-refractivity contribution in [3.8, 4) is 0 Å². The van der Waals surface area contributed by atoms with Crippen LogP contribution in [0.2, 0.25) is 0 Å². The zero-order valence-electron chi connectivity index (χ0n) is 4.39. The van der Waals surface area contributed by atoms with Gasteiger partial charge >= 0.3 is 0 Å². The summed E-state index contributed by atoms with van der Waals surface area (Å²) in [5.74, 6) is 0.0463. The van der Waals surface area contributed by atoms with Gasteiger partial charge in [0.05, 0.1) is 0 Å². The molecule has 0 aliphatic heterocycles. The van der Waals surface area contributed by atoms with Gasteiger partial charge in [-0.05, 0) is 0 Å². The second kappa shape index (κ2) is 5.88. The molecule has 0 saturated carbocycles. The van der Waals surface area contributed by atoms with Gasteiger partial charge in [0.25, 0.3) is 0 Å². The Bertz CT molecular complexity index is 26.1. The fraction of sp³-hybridized carbons (Fsp3) is 1.00. The highest BCUT2D eigenvalue weighted by Gasteiger charge is 1.91. The third-order valence-electron chi connectivity index (χ3n) is 0.623. The van der Waals surface area contributed by atoms with Crippen molar-refractivity contribution in [1.29, 1.82) is 0 Å². The summed E-state index contributed by atoms with van der Waals surface area (Å²) in [5.41, 5.74) is 0. The van der Waals surface area contributed by atoms with Crippen LogP contribution in [0.4, 0.5) is 0 Å². The van der Waals surface area contributed by atoms with Crippen molar-refractivity contribution in [3.05, 3.63) is 0 Å². The zero-order valence-corrected chi connectivity index (χ0v) is 4.39. The molecule has 0 saturated heterocycles. The lowest BCUT2D eigenvalue weighted by atomic mass is 10.2. The fourth-order valence-electron chi connectivity index (χ4n) is 0.0577. The van der Waals surface area contributed by atoms with Crippen LogP contribution < -0.4 is 0 Å². The Balaban J connectivity index is 0. The van der Waals surface area contributed by atoms with Gasteiger partial charge in [-0.15, -0.1) is 0 Å². The average molecular weight is 108 g/mol. The van der Waals surface area contributed by atoms with E-state index in [2.05, 4.69) is 0 Å². The van der Waals surface area contributed by atoms with Crippen molar-refractivity contribution >= 4 is 0 Å². The first-order valence-corrected chi connectivity index (χ1v) is 2.03. The van der Waals surface area contributed by atoms with E-state index in [1.165, 1.54) is 0 Å². The maximum Gasteiger partial charge on any atom is 0.0478 e. The highest BCUT2D eigenvalue weighted by molar-refractivity contribution is 4.41. The number of aliphatic hydroxyl groups is 2. The van der Waals surface area contributed by atoms with Crippen LogP contribution in [0.25, 0.3) is 0 Å². The Morgan fingerprint density at radius 2 is 1.57 bits per heavy atom. The van der Waals surface area contributed by atoms with Crippen LogP contribution in [0.15, 0.2) is 0 Å². The first-order valence-electron chi connectivity index (χ1n) is 2.03. The Hall–Kier alpha value is -0.120. The molecule has 0 aromatic heterocycles.